The SMILES string of the molecule is CCN1CCC2(CN(C(=O)c3ccncc3)CC(F)(F)C2)C1=O. The fourth-order valence-electron chi connectivity index (χ4n) is 3.63. The zero-order valence-corrected chi connectivity index (χ0v) is 13.0. The number of carbonyl (C=O) groups excluding carboxylic acids is 2. The molecule has 2 fully saturated rings. The third kappa shape index (κ3) is 2.80. The minimum Gasteiger partial charge on any atom is -0.342 e. The quantitative estimate of drug-likeness (QED) is 0.834. The molecular weight excluding hydrogens is 304 g/mol. The van der Waals surface area contributed by atoms with E-state index in [0.29, 0.717) is 25.1 Å². The third-order valence-corrected chi connectivity index (χ3v) is 4.71. The van der Waals surface area contributed by atoms with Crippen molar-refractivity contribution in [2.75, 3.05) is 26.2 Å². The molecule has 0 aliphatic carbocycles. The number of pyridine rings is 1. The maximum Gasteiger partial charge on any atom is 0.266 e. The number of likely N-dealkylation sites (tertiary alicyclic amines) is 2. The summed E-state index contributed by atoms with van der Waals surface area (Å²) in [4.78, 5) is 31.6. The van der Waals surface area contributed by atoms with Crippen molar-refractivity contribution in [3.63, 3.8) is 0 Å². The summed E-state index contributed by atoms with van der Waals surface area (Å²) in [6, 6.07) is 2.99. The molecule has 3 heterocycles. The smallest absolute Gasteiger partial charge is 0.266 e. The molecule has 1 atom stereocenters. The normalized spacial score (nSPS) is 26.8. The van der Waals surface area contributed by atoms with E-state index in [1.54, 1.807) is 4.90 Å². The first-order valence-corrected chi connectivity index (χ1v) is 7.73. The third-order valence-electron chi connectivity index (χ3n) is 4.71. The van der Waals surface area contributed by atoms with Gasteiger partial charge in [-0.1, -0.05) is 0 Å². The molecule has 2 saturated heterocycles. The van der Waals surface area contributed by atoms with Crippen molar-refractivity contribution in [3.05, 3.63) is 30.1 Å². The van der Waals surface area contributed by atoms with Gasteiger partial charge >= 0.3 is 0 Å². The second-order valence-electron chi connectivity index (χ2n) is 6.34. The highest BCUT2D eigenvalue weighted by molar-refractivity contribution is 5.95. The van der Waals surface area contributed by atoms with Gasteiger partial charge in [0.2, 0.25) is 5.91 Å². The van der Waals surface area contributed by atoms with Gasteiger partial charge in [-0.3, -0.25) is 14.6 Å². The van der Waals surface area contributed by atoms with Gasteiger partial charge in [-0.05, 0) is 25.5 Å². The minimum atomic E-state index is -3.06. The first-order chi connectivity index (χ1) is 10.9. The second-order valence-corrected chi connectivity index (χ2v) is 6.34. The number of rotatable bonds is 2. The molecule has 0 saturated carbocycles. The van der Waals surface area contributed by atoms with E-state index in [1.807, 2.05) is 6.92 Å². The molecule has 1 spiro atoms. The Hall–Kier alpha value is -2.05. The summed E-state index contributed by atoms with van der Waals surface area (Å²) >= 11 is 0. The van der Waals surface area contributed by atoms with Crippen LogP contribution in [-0.4, -0.2) is 58.7 Å². The number of hydrogen-bond acceptors (Lipinski definition) is 3. The first-order valence-electron chi connectivity index (χ1n) is 7.73. The van der Waals surface area contributed by atoms with E-state index < -0.39 is 30.2 Å². The van der Waals surface area contributed by atoms with Crippen LogP contribution in [0.25, 0.3) is 0 Å². The van der Waals surface area contributed by atoms with Gasteiger partial charge in [0.1, 0.15) is 0 Å². The molecule has 2 amide bonds. The molecule has 0 bridgehead atoms. The summed E-state index contributed by atoms with van der Waals surface area (Å²) in [5.41, 5.74) is -0.842. The molecule has 0 N–H and O–H groups in total. The zero-order valence-electron chi connectivity index (χ0n) is 13.0. The zero-order chi connectivity index (χ0) is 16.7. The molecule has 1 aromatic heterocycles. The summed E-state index contributed by atoms with van der Waals surface area (Å²) in [7, 11) is 0. The average molecular weight is 323 g/mol. The molecule has 5 nitrogen and oxygen atoms in total. The van der Waals surface area contributed by atoms with Crippen LogP contribution in [0.3, 0.4) is 0 Å². The van der Waals surface area contributed by atoms with Crippen LogP contribution in [0, 0.1) is 5.41 Å². The lowest BCUT2D eigenvalue weighted by atomic mass is 9.76. The van der Waals surface area contributed by atoms with Gasteiger partial charge in [0.15, 0.2) is 0 Å². The van der Waals surface area contributed by atoms with Gasteiger partial charge in [0, 0.05) is 44.0 Å². The number of amides is 2. The van der Waals surface area contributed by atoms with E-state index in [-0.39, 0.29) is 12.5 Å². The Morgan fingerprint density at radius 2 is 2.00 bits per heavy atom. The fraction of sp³-hybridized carbons (Fsp3) is 0.562. The van der Waals surface area contributed by atoms with E-state index in [0.717, 1.165) is 4.90 Å². The Balaban J connectivity index is 1.88. The van der Waals surface area contributed by atoms with Gasteiger partial charge in [-0.15, -0.1) is 0 Å². The Morgan fingerprint density at radius 1 is 1.30 bits per heavy atom. The molecule has 1 unspecified atom stereocenters. The largest absolute Gasteiger partial charge is 0.342 e. The number of carbonyl (C=O) groups is 2. The molecule has 124 valence electrons. The van der Waals surface area contributed by atoms with E-state index in [1.165, 1.54) is 24.5 Å². The molecule has 0 aromatic carbocycles. The molecule has 23 heavy (non-hydrogen) atoms. The molecule has 2 aliphatic heterocycles. The predicted molar refractivity (Wildman–Crippen MR) is 79.0 cm³/mol. The lowest BCUT2D eigenvalue weighted by Crippen LogP contribution is -2.57. The number of alkyl halides is 2. The Kier molecular flexibility index (Phi) is 3.82. The molecular formula is C16H19F2N3O2. The summed E-state index contributed by atoms with van der Waals surface area (Å²) in [5.74, 6) is -3.79. The number of nitrogens with zero attached hydrogens (tertiary/aromatic N) is 3. The number of halogens is 2. The van der Waals surface area contributed by atoms with Gasteiger partial charge < -0.3 is 9.80 Å². The number of aromatic nitrogens is 1. The lowest BCUT2D eigenvalue weighted by molar-refractivity contribution is -0.151. The van der Waals surface area contributed by atoms with Crippen LogP contribution in [0.4, 0.5) is 8.78 Å². The molecule has 2 aliphatic rings. The van der Waals surface area contributed by atoms with Crippen LogP contribution in [-0.2, 0) is 4.79 Å². The Labute approximate surface area is 133 Å². The van der Waals surface area contributed by atoms with Crippen molar-refractivity contribution in [1.82, 2.24) is 14.8 Å². The average Bonchev–Trinajstić information content (AvgIpc) is 2.81. The summed E-state index contributed by atoms with van der Waals surface area (Å²) in [6.07, 6.45) is 2.79. The molecule has 0 radical (unpaired) electrons. The van der Waals surface area contributed by atoms with Gasteiger partial charge in [0.05, 0.1) is 12.0 Å². The summed E-state index contributed by atoms with van der Waals surface area (Å²) in [6.45, 7) is 2.22. The van der Waals surface area contributed by atoms with Gasteiger partial charge in [-0.25, -0.2) is 8.78 Å². The molecule has 3 rings (SSSR count). The van der Waals surface area contributed by atoms with Gasteiger partial charge in [-0.2, -0.15) is 0 Å². The first kappa shape index (κ1) is 15.8. The maximum absolute atomic E-state index is 14.3. The van der Waals surface area contributed by atoms with Crippen LogP contribution in [0.5, 0.6) is 0 Å². The summed E-state index contributed by atoms with van der Waals surface area (Å²) in [5, 5.41) is 0. The van der Waals surface area contributed by atoms with Crippen molar-refractivity contribution < 1.29 is 18.4 Å². The monoisotopic (exact) mass is 323 g/mol. The van der Waals surface area contributed by atoms with E-state index in [2.05, 4.69) is 4.98 Å². The highest BCUT2D eigenvalue weighted by Gasteiger charge is 2.57. The maximum atomic E-state index is 14.3. The van der Waals surface area contributed by atoms with Crippen molar-refractivity contribution in [2.24, 2.45) is 5.41 Å². The van der Waals surface area contributed by atoms with Crippen molar-refractivity contribution in [2.45, 2.75) is 25.7 Å². The van der Waals surface area contributed by atoms with Crippen LogP contribution < -0.4 is 0 Å². The van der Waals surface area contributed by atoms with E-state index in [9.17, 15) is 18.4 Å². The second kappa shape index (κ2) is 5.54. The molecule has 1 aromatic rings. The predicted octanol–water partition coefficient (Wildman–Crippen LogP) is 1.80. The fourth-order valence-corrected chi connectivity index (χ4v) is 3.63. The topological polar surface area (TPSA) is 53.5 Å². The number of piperidine rings is 1. The van der Waals surface area contributed by atoms with Crippen molar-refractivity contribution in [1.29, 1.82) is 0 Å². The van der Waals surface area contributed by atoms with E-state index in [4.69, 9.17) is 0 Å². The Morgan fingerprint density at radius 3 is 2.61 bits per heavy atom. The Bertz CT molecular complexity index is 623. The highest BCUT2D eigenvalue weighted by Crippen LogP contribution is 2.45. The van der Waals surface area contributed by atoms with Crippen LogP contribution in [0.2, 0.25) is 0 Å². The van der Waals surface area contributed by atoms with E-state index >= 15 is 0 Å². The van der Waals surface area contributed by atoms with Crippen LogP contribution >= 0.6 is 0 Å². The summed E-state index contributed by atoms with van der Waals surface area (Å²) < 4.78 is 28.5. The van der Waals surface area contributed by atoms with Crippen molar-refractivity contribution >= 4 is 11.8 Å². The number of hydrogen-bond donors (Lipinski definition) is 0. The van der Waals surface area contributed by atoms with Gasteiger partial charge in [0.25, 0.3) is 11.8 Å². The minimum absolute atomic E-state index is 0.0546. The van der Waals surface area contributed by atoms with Crippen LogP contribution in [0.1, 0.15) is 30.1 Å². The lowest BCUT2D eigenvalue weighted by Gasteiger charge is -2.42. The van der Waals surface area contributed by atoms with Crippen LogP contribution in [0.15, 0.2) is 24.5 Å². The van der Waals surface area contributed by atoms with Crippen molar-refractivity contribution in [3.8, 4) is 0 Å². The standard InChI is InChI=1S/C16H19F2N3O2/c1-2-20-8-5-15(14(20)23)9-16(17,18)11-21(10-15)13(22)12-3-6-19-7-4-12/h3-4,6-7H,2,5,8-11H2,1H3. The highest BCUT2D eigenvalue weighted by atomic mass is 19.3. The molecule has 7 heteroatoms.